The van der Waals surface area contributed by atoms with Crippen LogP contribution in [0.3, 0.4) is 0 Å². The van der Waals surface area contributed by atoms with Gasteiger partial charge in [0.05, 0.1) is 6.10 Å². The molecule has 0 amide bonds. The fraction of sp³-hybridized carbons (Fsp3) is 0.625. The van der Waals surface area contributed by atoms with Crippen molar-refractivity contribution in [3.05, 3.63) is 35.9 Å². The Labute approximate surface area is 115 Å². The molecule has 4 atom stereocenters. The zero-order valence-corrected chi connectivity index (χ0v) is 11.8. The van der Waals surface area contributed by atoms with Gasteiger partial charge in [0.15, 0.2) is 12.6 Å². The highest BCUT2D eigenvalue weighted by atomic mass is 16.7. The summed E-state index contributed by atoms with van der Waals surface area (Å²) in [5.41, 5.74) is 1.17. The predicted octanol–water partition coefficient (Wildman–Crippen LogP) is 3.12. The molecule has 0 radical (unpaired) electrons. The Balaban J connectivity index is 1.99. The quantitative estimate of drug-likeness (QED) is 0.888. The third-order valence-corrected chi connectivity index (χ3v) is 3.75. The summed E-state index contributed by atoms with van der Waals surface area (Å²) in [6.45, 7) is 4.21. The van der Waals surface area contributed by atoms with Gasteiger partial charge in [-0.05, 0) is 18.4 Å². The first-order valence-electron chi connectivity index (χ1n) is 7.27. The first kappa shape index (κ1) is 14.5. The van der Waals surface area contributed by atoms with Gasteiger partial charge in [0.25, 0.3) is 0 Å². The van der Waals surface area contributed by atoms with Gasteiger partial charge in [0.2, 0.25) is 0 Å². The number of hydrogen-bond donors (Lipinski definition) is 1. The third kappa shape index (κ3) is 3.78. The molecule has 0 aromatic heterocycles. The number of rotatable bonds is 5. The molecule has 1 N–H and O–H groups in total. The smallest absolute Gasteiger partial charge is 0.165 e. The third-order valence-electron chi connectivity index (χ3n) is 3.75. The summed E-state index contributed by atoms with van der Waals surface area (Å²) in [5, 5.41) is 10.1. The number of ether oxygens (including phenoxy) is 2. The molecule has 2 rings (SSSR count). The van der Waals surface area contributed by atoms with Gasteiger partial charge >= 0.3 is 0 Å². The minimum absolute atomic E-state index is 0.0898. The lowest BCUT2D eigenvalue weighted by Crippen LogP contribution is -2.46. The standard InChI is InChI=1S/C16H24O3/c1-3-8-14-13(4-2)16(17)19-15(18-14)11-12-9-6-5-7-10-12/h5-7,9-10,13-17H,3-4,8,11H2,1-2H3. The van der Waals surface area contributed by atoms with Crippen molar-refractivity contribution in [1.82, 2.24) is 0 Å². The topological polar surface area (TPSA) is 38.7 Å². The first-order chi connectivity index (χ1) is 9.24. The monoisotopic (exact) mass is 264 g/mol. The summed E-state index contributed by atoms with van der Waals surface area (Å²) < 4.78 is 11.6. The molecule has 0 bridgehead atoms. The van der Waals surface area contributed by atoms with Gasteiger partial charge < -0.3 is 14.6 Å². The molecule has 106 valence electrons. The number of hydrogen-bond acceptors (Lipinski definition) is 3. The Morgan fingerprint density at radius 2 is 1.84 bits per heavy atom. The van der Waals surface area contributed by atoms with Crippen LogP contribution in [0.1, 0.15) is 38.7 Å². The normalized spacial score (nSPS) is 31.3. The number of aliphatic hydroxyl groups excluding tert-OH is 1. The van der Waals surface area contributed by atoms with E-state index in [1.54, 1.807) is 0 Å². The van der Waals surface area contributed by atoms with Gasteiger partial charge in [-0.3, -0.25) is 0 Å². The summed E-state index contributed by atoms with van der Waals surface area (Å²) in [7, 11) is 0. The second kappa shape index (κ2) is 7.04. The van der Waals surface area contributed by atoms with Crippen LogP contribution in [0, 0.1) is 5.92 Å². The Morgan fingerprint density at radius 1 is 1.11 bits per heavy atom. The van der Waals surface area contributed by atoms with Gasteiger partial charge in [-0.1, -0.05) is 50.6 Å². The van der Waals surface area contributed by atoms with Crippen molar-refractivity contribution >= 4 is 0 Å². The molecule has 19 heavy (non-hydrogen) atoms. The van der Waals surface area contributed by atoms with Gasteiger partial charge in [-0.2, -0.15) is 0 Å². The van der Waals surface area contributed by atoms with Crippen molar-refractivity contribution in [3.63, 3.8) is 0 Å². The highest BCUT2D eigenvalue weighted by molar-refractivity contribution is 5.15. The summed E-state index contributed by atoms with van der Waals surface area (Å²) >= 11 is 0. The van der Waals surface area contributed by atoms with E-state index in [-0.39, 0.29) is 18.3 Å². The Morgan fingerprint density at radius 3 is 2.47 bits per heavy atom. The van der Waals surface area contributed by atoms with E-state index >= 15 is 0 Å². The lowest BCUT2D eigenvalue weighted by atomic mass is 9.94. The second-order valence-electron chi connectivity index (χ2n) is 5.18. The largest absolute Gasteiger partial charge is 0.368 e. The van der Waals surface area contributed by atoms with E-state index in [0.717, 1.165) is 19.3 Å². The molecule has 1 aliphatic heterocycles. The summed E-state index contributed by atoms with van der Waals surface area (Å²) in [6, 6.07) is 10.1. The molecule has 0 aliphatic carbocycles. The van der Waals surface area contributed by atoms with E-state index in [9.17, 15) is 5.11 Å². The lowest BCUT2D eigenvalue weighted by molar-refractivity contribution is -0.321. The van der Waals surface area contributed by atoms with Crippen molar-refractivity contribution < 1.29 is 14.6 Å². The SMILES string of the molecule is CCCC1OC(Cc2ccccc2)OC(O)C1CC. The molecule has 1 aliphatic rings. The average Bonchev–Trinajstić information content (AvgIpc) is 2.40. The van der Waals surface area contributed by atoms with Crippen molar-refractivity contribution in [2.24, 2.45) is 5.92 Å². The van der Waals surface area contributed by atoms with Crippen LogP contribution < -0.4 is 0 Å². The lowest BCUT2D eigenvalue weighted by Gasteiger charge is -2.39. The van der Waals surface area contributed by atoms with E-state index in [0.29, 0.717) is 6.42 Å². The predicted molar refractivity (Wildman–Crippen MR) is 74.6 cm³/mol. The summed E-state index contributed by atoms with van der Waals surface area (Å²) in [5.74, 6) is 0.0898. The molecule has 3 nitrogen and oxygen atoms in total. The van der Waals surface area contributed by atoms with Crippen LogP contribution in [-0.2, 0) is 15.9 Å². The van der Waals surface area contributed by atoms with Crippen LogP contribution in [0.5, 0.6) is 0 Å². The maximum absolute atomic E-state index is 10.1. The average molecular weight is 264 g/mol. The van der Waals surface area contributed by atoms with Gasteiger partial charge in [-0.25, -0.2) is 0 Å². The summed E-state index contributed by atoms with van der Waals surface area (Å²) in [4.78, 5) is 0. The van der Waals surface area contributed by atoms with Gasteiger partial charge in [0.1, 0.15) is 0 Å². The highest BCUT2D eigenvalue weighted by Crippen LogP contribution is 2.30. The van der Waals surface area contributed by atoms with E-state index in [1.807, 2.05) is 18.2 Å². The maximum Gasteiger partial charge on any atom is 0.165 e. The molecular formula is C16H24O3. The molecular weight excluding hydrogens is 240 g/mol. The van der Waals surface area contributed by atoms with E-state index in [2.05, 4.69) is 26.0 Å². The molecule has 1 aromatic carbocycles. The van der Waals surface area contributed by atoms with Gasteiger partial charge in [-0.15, -0.1) is 0 Å². The molecule has 1 heterocycles. The highest BCUT2D eigenvalue weighted by Gasteiger charge is 2.36. The Bertz CT molecular complexity index is 366. The van der Waals surface area contributed by atoms with Crippen LogP contribution >= 0.6 is 0 Å². The molecule has 1 fully saturated rings. The van der Waals surface area contributed by atoms with Gasteiger partial charge in [0, 0.05) is 12.3 Å². The molecule has 3 heteroatoms. The zero-order chi connectivity index (χ0) is 13.7. The van der Waals surface area contributed by atoms with Crippen LogP contribution in [0.4, 0.5) is 0 Å². The van der Waals surface area contributed by atoms with Crippen LogP contribution in [0.25, 0.3) is 0 Å². The van der Waals surface area contributed by atoms with Crippen molar-refractivity contribution in [3.8, 4) is 0 Å². The number of aliphatic hydroxyl groups is 1. The van der Waals surface area contributed by atoms with E-state index in [4.69, 9.17) is 9.47 Å². The van der Waals surface area contributed by atoms with Crippen LogP contribution in [0.15, 0.2) is 30.3 Å². The van der Waals surface area contributed by atoms with Crippen molar-refractivity contribution in [2.45, 2.75) is 58.2 Å². The van der Waals surface area contributed by atoms with Crippen molar-refractivity contribution in [2.75, 3.05) is 0 Å². The van der Waals surface area contributed by atoms with E-state index < -0.39 is 6.29 Å². The van der Waals surface area contributed by atoms with E-state index in [1.165, 1.54) is 5.56 Å². The zero-order valence-electron chi connectivity index (χ0n) is 11.8. The second-order valence-corrected chi connectivity index (χ2v) is 5.18. The molecule has 1 aromatic rings. The number of benzene rings is 1. The molecule has 1 saturated heterocycles. The van der Waals surface area contributed by atoms with Crippen LogP contribution in [-0.4, -0.2) is 23.8 Å². The molecule has 0 spiro atoms. The first-order valence-corrected chi connectivity index (χ1v) is 7.27. The molecule has 4 unspecified atom stereocenters. The fourth-order valence-electron chi connectivity index (χ4n) is 2.70. The Hall–Kier alpha value is -0.900. The van der Waals surface area contributed by atoms with Crippen LogP contribution in [0.2, 0.25) is 0 Å². The minimum atomic E-state index is -0.705. The Kier molecular flexibility index (Phi) is 5.37. The fourth-order valence-corrected chi connectivity index (χ4v) is 2.70. The molecule has 0 saturated carbocycles. The summed E-state index contributed by atoms with van der Waals surface area (Å²) in [6.07, 6.45) is 2.67. The minimum Gasteiger partial charge on any atom is -0.368 e. The van der Waals surface area contributed by atoms with Crippen molar-refractivity contribution in [1.29, 1.82) is 0 Å². The maximum atomic E-state index is 10.1.